The van der Waals surface area contributed by atoms with Crippen LogP contribution in [-0.4, -0.2) is 17.8 Å². The number of benzene rings is 2. The van der Waals surface area contributed by atoms with Gasteiger partial charge in [0.05, 0.1) is 6.10 Å². The van der Waals surface area contributed by atoms with Crippen molar-refractivity contribution < 1.29 is 9.50 Å². The smallest absolute Gasteiger partial charge is 0.126 e. The molecule has 0 aliphatic carbocycles. The van der Waals surface area contributed by atoms with Crippen molar-refractivity contribution in [2.75, 3.05) is 6.54 Å². The van der Waals surface area contributed by atoms with E-state index in [2.05, 4.69) is 0 Å². The average Bonchev–Trinajstić information content (AvgIpc) is 2.49. The zero-order valence-electron chi connectivity index (χ0n) is 11.9. The summed E-state index contributed by atoms with van der Waals surface area (Å²) in [6, 6.07) is 13.9. The van der Waals surface area contributed by atoms with Gasteiger partial charge in [-0.05, 0) is 42.7 Å². The van der Waals surface area contributed by atoms with Gasteiger partial charge < -0.3 is 10.8 Å². The van der Waals surface area contributed by atoms with Gasteiger partial charge in [0, 0.05) is 17.0 Å². The van der Waals surface area contributed by atoms with Gasteiger partial charge in [-0.25, -0.2) is 4.39 Å². The second-order valence-electron chi connectivity index (χ2n) is 5.31. The van der Waals surface area contributed by atoms with Gasteiger partial charge in [-0.15, -0.1) is 0 Å². The highest BCUT2D eigenvalue weighted by Gasteiger charge is 2.36. The third kappa shape index (κ3) is 3.26. The predicted molar refractivity (Wildman–Crippen MR) is 84.0 cm³/mol. The highest BCUT2D eigenvalue weighted by atomic mass is 35.5. The molecule has 3 N–H and O–H groups in total. The van der Waals surface area contributed by atoms with Crippen LogP contribution in [0.1, 0.15) is 18.1 Å². The molecule has 4 heteroatoms. The van der Waals surface area contributed by atoms with Crippen molar-refractivity contribution in [1.29, 1.82) is 0 Å². The van der Waals surface area contributed by atoms with Crippen molar-refractivity contribution in [1.82, 2.24) is 0 Å². The molecule has 0 amide bonds. The Balaban J connectivity index is 2.49. The minimum Gasteiger partial charge on any atom is -0.392 e. The Morgan fingerprint density at radius 1 is 1.24 bits per heavy atom. The molecule has 2 aromatic rings. The Bertz CT molecular complexity index is 603. The van der Waals surface area contributed by atoms with Crippen molar-refractivity contribution in [3.8, 4) is 0 Å². The maximum absolute atomic E-state index is 14.0. The van der Waals surface area contributed by atoms with E-state index >= 15 is 0 Å². The molecular weight excluding hydrogens is 289 g/mol. The number of aliphatic hydroxyl groups is 1. The Kier molecular flexibility index (Phi) is 4.99. The Hall–Kier alpha value is -1.42. The Labute approximate surface area is 129 Å². The van der Waals surface area contributed by atoms with Gasteiger partial charge >= 0.3 is 0 Å². The molecule has 0 saturated carbocycles. The highest BCUT2D eigenvalue weighted by molar-refractivity contribution is 6.30. The summed E-state index contributed by atoms with van der Waals surface area (Å²) >= 11 is 5.95. The third-order valence-electron chi connectivity index (χ3n) is 4.03. The monoisotopic (exact) mass is 307 g/mol. The minimum atomic E-state index is -0.743. The summed E-state index contributed by atoms with van der Waals surface area (Å²) in [7, 11) is 0. The Morgan fingerprint density at radius 3 is 2.48 bits per heavy atom. The normalized spacial score (nSPS) is 15.5. The lowest BCUT2D eigenvalue weighted by molar-refractivity contribution is 0.0995. The molecule has 0 bridgehead atoms. The lowest BCUT2D eigenvalue weighted by Gasteiger charge is -2.36. The first-order valence-electron chi connectivity index (χ1n) is 6.87. The van der Waals surface area contributed by atoms with Crippen molar-refractivity contribution in [3.05, 3.63) is 70.5 Å². The van der Waals surface area contributed by atoms with Gasteiger partial charge in [-0.1, -0.05) is 41.9 Å². The molecule has 0 fully saturated rings. The van der Waals surface area contributed by atoms with Crippen LogP contribution in [0.4, 0.5) is 4.39 Å². The fourth-order valence-electron chi connectivity index (χ4n) is 2.64. The fourth-order valence-corrected chi connectivity index (χ4v) is 2.83. The molecule has 0 aliphatic rings. The largest absolute Gasteiger partial charge is 0.392 e. The molecular formula is C17H19ClFNO. The van der Waals surface area contributed by atoms with E-state index < -0.39 is 11.5 Å². The number of hydrogen-bond donors (Lipinski definition) is 2. The van der Waals surface area contributed by atoms with Crippen molar-refractivity contribution in [2.45, 2.75) is 24.9 Å². The Morgan fingerprint density at radius 2 is 1.90 bits per heavy atom. The van der Waals surface area contributed by atoms with E-state index in [1.54, 1.807) is 13.0 Å². The van der Waals surface area contributed by atoms with Crippen molar-refractivity contribution in [2.24, 2.45) is 5.73 Å². The van der Waals surface area contributed by atoms with Crippen LogP contribution < -0.4 is 5.73 Å². The average molecular weight is 308 g/mol. The second kappa shape index (κ2) is 6.56. The van der Waals surface area contributed by atoms with Crippen LogP contribution in [-0.2, 0) is 11.8 Å². The maximum atomic E-state index is 14.0. The van der Waals surface area contributed by atoms with Crippen molar-refractivity contribution in [3.63, 3.8) is 0 Å². The molecule has 0 aliphatic heterocycles. The first kappa shape index (κ1) is 16.0. The zero-order valence-corrected chi connectivity index (χ0v) is 12.6. The number of aliphatic hydroxyl groups excluding tert-OH is 1. The fraction of sp³-hybridized carbons (Fsp3) is 0.294. The number of hydrogen-bond acceptors (Lipinski definition) is 2. The van der Waals surface area contributed by atoms with Crippen LogP contribution in [0, 0.1) is 5.82 Å². The van der Waals surface area contributed by atoms with Crippen LogP contribution in [0.2, 0.25) is 5.02 Å². The second-order valence-corrected chi connectivity index (χ2v) is 5.75. The van der Waals surface area contributed by atoms with Crippen LogP contribution in [0.25, 0.3) is 0 Å². The van der Waals surface area contributed by atoms with Gasteiger partial charge in [0.25, 0.3) is 0 Å². The third-order valence-corrected chi connectivity index (χ3v) is 4.26. The molecule has 0 radical (unpaired) electrons. The molecule has 2 unspecified atom stereocenters. The first-order valence-corrected chi connectivity index (χ1v) is 7.25. The van der Waals surface area contributed by atoms with E-state index in [1.807, 2.05) is 30.3 Å². The van der Waals surface area contributed by atoms with E-state index in [9.17, 15) is 9.50 Å². The molecule has 0 aromatic heterocycles. The summed E-state index contributed by atoms with van der Waals surface area (Å²) in [6.45, 7) is 1.89. The minimum absolute atomic E-state index is 0.209. The van der Waals surface area contributed by atoms with E-state index in [-0.39, 0.29) is 18.8 Å². The quantitative estimate of drug-likeness (QED) is 0.890. The van der Waals surface area contributed by atoms with Crippen LogP contribution in [0.15, 0.2) is 48.5 Å². The van der Waals surface area contributed by atoms with Crippen LogP contribution >= 0.6 is 11.6 Å². The molecule has 2 aromatic carbocycles. The molecule has 0 spiro atoms. The maximum Gasteiger partial charge on any atom is 0.126 e. The summed E-state index contributed by atoms with van der Waals surface area (Å²) in [5, 5.41) is 10.8. The summed E-state index contributed by atoms with van der Waals surface area (Å²) in [4.78, 5) is 0. The zero-order chi connectivity index (χ0) is 15.5. The van der Waals surface area contributed by atoms with Crippen LogP contribution in [0.3, 0.4) is 0 Å². The molecule has 2 atom stereocenters. The summed E-state index contributed by atoms with van der Waals surface area (Å²) in [5.41, 5.74) is 6.56. The molecule has 21 heavy (non-hydrogen) atoms. The van der Waals surface area contributed by atoms with Crippen molar-refractivity contribution >= 4 is 11.6 Å². The standard InChI is InChI=1S/C17H19ClFNO/c1-12(21)17(11-20,14-5-3-2-4-6-14)10-13-9-15(18)7-8-16(13)19/h2-9,12,21H,10-11,20H2,1H3. The molecule has 112 valence electrons. The van der Waals surface area contributed by atoms with E-state index in [0.29, 0.717) is 10.6 Å². The van der Waals surface area contributed by atoms with Crippen LogP contribution in [0.5, 0.6) is 0 Å². The number of nitrogens with two attached hydrogens (primary N) is 1. The topological polar surface area (TPSA) is 46.2 Å². The predicted octanol–water partition coefficient (Wildman–Crippen LogP) is 3.30. The first-order chi connectivity index (χ1) is 9.99. The van der Waals surface area contributed by atoms with Gasteiger partial charge in [0.2, 0.25) is 0 Å². The van der Waals surface area contributed by atoms with E-state index in [0.717, 1.165) is 5.56 Å². The SMILES string of the molecule is CC(O)C(CN)(Cc1cc(Cl)ccc1F)c1ccccc1. The number of halogens is 2. The molecule has 2 nitrogen and oxygen atoms in total. The van der Waals surface area contributed by atoms with E-state index in [1.165, 1.54) is 12.1 Å². The lowest BCUT2D eigenvalue weighted by Crippen LogP contribution is -2.46. The summed E-state index contributed by atoms with van der Waals surface area (Å²) in [5.74, 6) is -0.339. The van der Waals surface area contributed by atoms with Gasteiger partial charge in [-0.3, -0.25) is 0 Å². The summed E-state index contributed by atoms with van der Waals surface area (Å²) < 4.78 is 14.0. The molecule has 2 rings (SSSR count). The lowest BCUT2D eigenvalue weighted by atomic mass is 9.71. The number of rotatable bonds is 5. The molecule has 0 saturated heterocycles. The van der Waals surface area contributed by atoms with E-state index in [4.69, 9.17) is 17.3 Å². The highest BCUT2D eigenvalue weighted by Crippen LogP contribution is 2.33. The van der Waals surface area contributed by atoms with Gasteiger partial charge in [0.15, 0.2) is 0 Å². The summed E-state index contributed by atoms with van der Waals surface area (Å²) in [6.07, 6.45) is -0.430. The van der Waals surface area contributed by atoms with Gasteiger partial charge in [-0.2, -0.15) is 0 Å². The van der Waals surface area contributed by atoms with Gasteiger partial charge in [0.1, 0.15) is 5.82 Å². The molecule has 0 heterocycles.